The maximum Gasteiger partial charge on any atom is 0.419 e. The molecule has 0 radical (unpaired) electrons. The number of aromatic nitrogens is 4. The molecule has 1 saturated heterocycles. The summed E-state index contributed by atoms with van der Waals surface area (Å²) in [5.41, 5.74) is 7.08. The van der Waals surface area contributed by atoms with Crippen LogP contribution >= 0.6 is 0 Å². The van der Waals surface area contributed by atoms with E-state index in [0.29, 0.717) is 23.6 Å². The molecule has 0 unspecified atom stereocenters. The lowest BCUT2D eigenvalue weighted by atomic mass is 10.1. The van der Waals surface area contributed by atoms with Gasteiger partial charge in [-0.05, 0) is 48.9 Å². The number of benzene rings is 1. The van der Waals surface area contributed by atoms with Gasteiger partial charge in [0.1, 0.15) is 11.6 Å². The first-order valence-corrected chi connectivity index (χ1v) is 11.6. The summed E-state index contributed by atoms with van der Waals surface area (Å²) in [6, 6.07) is 11.8. The number of alkyl halides is 3. The van der Waals surface area contributed by atoms with E-state index in [1.807, 2.05) is 24.3 Å². The summed E-state index contributed by atoms with van der Waals surface area (Å²) in [6.07, 6.45) is -0.728. The van der Waals surface area contributed by atoms with Crippen molar-refractivity contribution in [1.82, 2.24) is 24.5 Å². The molecule has 0 bridgehead atoms. The molecule has 1 aliphatic heterocycles. The Balaban J connectivity index is 1.31. The van der Waals surface area contributed by atoms with Crippen LogP contribution in [0.25, 0.3) is 28.2 Å². The van der Waals surface area contributed by atoms with E-state index in [1.54, 1.807) is 22.8 Å². The standard InChI is InChI=1S/C25H25F3N6O2/c26-25(27,28)20-14-18(15-31-24(20)29)21-6-7-23-30-16-22(34(23)32-21)17-2-4-19(5-3-17)36-11-1-8-33-9-12-35-13-10-33/h2-7,14-16H,1,8-13H2,(H2,29,31). The van der Waals surface area contributed by atoms with Gasteiger partial charge in [0.15, 0.2) is 5.65 Å². The maximum absolute atomic E-state index is 13.3. The highest BCUT2D eigenvalue weighted by atomic mass is 19.4. The van der Waals surface area contributed by atoms with Crippen LogP contribution in [0.2, 0.25) is 0 Å². The van der Waals surface area contributed by atoms with Gasteiger partial charge in [-0.15, -0.1) is 0 Å². The molecule has 4 aromatic rings. The summed E-state index contributed by atoms with van der Waals surface area (Å²) in [4.78, 5) is 10.4. The van der Waals surface area contributed by atoms with E-state index >= 15 is 0 Å². The SMILES string of the molecule is Nc1ncc(-c2ccc3ncc(-c4ccc(OCCCN5CCOCC5)cc4)n3n2)cc1C(F)(F)F. The van der Waals surface area contributed by atoms with Gasteiger partial charge in [0.25, 0.3) is 0 Å². The average molecular weight is 499 g/mol. The molecular weight excluding hydrogens is 473 g/mol. The highest BCUT2D eigenvalue weighted by Crippen LogP contribution is 2.35. The summed E-state index contributed by atoms with van der Waals surface area (Å²) in [6.45, 7) is 5.09. The highest BCUT2D eigenvalue weighted by Gasteiger charge is 2.34. The Hall–Kier alpha value is -3.70. The molecule has 1 aliphatic rings. The van der Waals surface area contributed by atoms with E-state index in [4.69, 9.17) is 15.2 Å². The van der Waals surface area contributed by atoms with Crippen LogP contribution in [0.3, 0.4) is 0 Å². The lowest BCUT2D eigenvalue weighted by Gasteiger charge is -2.26. The molecule has 1 aromatic carbocycles. The molecule has 0 amide bonds. The van der Waals surface area contributed by atoms with Crippen LogP contribution in [0.1, 0.15) is 12.0 Å². The van der Waals surface area contributed by atoms with Crippen molar-refractivity contribution in [2.45, 2.75) is 12.6 Å². The Labute approximate surface area is 205 Å². The highest BCUT2D eigenvalue weighted by molar-refractivity contribution is 5.67. The molecule has 36 heavy (non-hydrogen) atoms. The van der Waals surface area contributed by atoms with Crippen molar-refractivity contribution < 1.29 is 22.6 Å². The minimum absolute atomic E-state index is 0.207. The minimum atomic E-state index is -4.61. The third-order valence-corrected chi connectivity index (χ3v) is 6.02. The maximum atomic E-state index is 13.3. The minimum Gasteiger partial charge on any atom is -0.494 e. The summed E-state index contributed by atoms with van der Waals surface area (Å²) in [5, 5.41) is 4.52. The quantitative estimate of drug-likeness (QED) is 0.383. The van der Waals surface area contributed by atoms with Gasteiger partial charge >= 0.3 is 6.18 Å². The lowest BCUT2D eigenvalue weighted by molar-refractivity contribution is -0.137. The molecule has 1 fully saturated rings. The van der Waals surface area contributed by atoms with Crippen molar-refractivity contribution in [3.8, 4) is 28.3 Å². The van der Waals surface area contributed by atoms with Gasteiger partial charge in [0.05, 0.1) is 43.0 Å². The number of rotatable bonds is 7. The Morgan fingerprint density at radius 1 is 0.972 bits per heavy atom. The molecule has 3 aromatic heterocycles. The van der Waals surface area contributed by atoms with Gasteiger partial charge in [-0.2, -0.15) is 18.3 Å². The number of morpholine rings is 1. The third-order valence-electron chi connectivity index (χ3n) is 6.02. The Morgan fingerprint density at radius 2 is 1.75 bits per heavy atom. The van der Waals surface area contributed by atoms with Crippen molar-refractivity contribution in [3.63, 3.8) is 0 Å². The van der Waals surface area contributed by atoms with Gasteiger partial charge < -0.3 is 15.2 Å². The number of ether oxygens (including phenoxy) is 2. The van der Waals surface area contributed by atoms with Gasteiger partial charge in [-0.1, -0.05) is 0 Å². The van der Waals surface area contributed by atoms with Crippen molar-refractivity contribution in [2.24, 2.45) is 0 Å². The average Bonchev–Trinajstić information content (AvgIpc) is 3.30. The molecule has 11 heteroatoms. The number of halogens is 3. The van der Waals surface area contributed by atoms with Gasteiger partial charge in [-0.25, -0.2) is 14.5 Å². The number of imidazole rings is 1. The van der Waals surface area contributed by atoms with E-state index in [0.717, 1.165) is 56.6 Å². The molecule has 2 N–H and O–H groups in total. The van der Waals surface area contributed by atoms with Crippen LogP contribution in [0.15, 0.2) is 54.9 Å². The Bertz CT molecular complexity index is 1330. The Morgan fingerprint density at radius 3 is 2.50 bits per heavy atom. The first kappa shape index (κ1) is 24.0. The Kier molecular flexibility index (Phi) is 6.75. The van der Waals surface area contributed by atoms with Crippen molar-refractivity contribution in [1.29, 1.82) is 0 Å². The molecule has 4 heterocycles. The van der Waals surface area contributed by atoms with Gasteiger partial charge in [-0.3, -0.25) is 4.90 Å². The predicted molar refractivity (Wildman–Crippen MR) is 128 cm³/mol. The number of hydrogen-bond donors (Lipinski definition) is 1. The first-order chi connectivity index (χ1) is 17.4. The third kappa shape index (κ3) is 5.26. The number of anilines is 1. The van der Waals surface area contributed by atoms with Crippen molar-refractivity contribution in [3.05, 3.63) is 60.4 Å². The van der Waals surface area contributed by atoms with E-state index in [-0.39, 0.29) is 5.56 Å². The van der Waals surface area contributed by atoms with Gasteiger partial charge in [0.2, 0.25) is 0 Å². The van der Waals surface area contributed by atoms with Crippen LogP contribution in [0.5, 0.6) is 5.75 Å². The summed E-state index contributed by atoms with van der Waals surface area (Å²) in [5.74, 6) is 0.190. The zero-order valence-electron chi connectivity index (χ0n) is 19.4. The van der Waals surface area contributed by atoms with Crippen LogP contribution in [0.4, 0.5) is 19.0 Å². The lowest BCUT2D eigenvalue weighted by Crippen LogP contribution is -2.37. The smallest absolute Gasteiger partial charge is 0.419 e. The molecule has 5 rings (SSSR count). The van der Waals surface area contributed by atoms with E-state index in [9.17, 15) is 13.2 Å². The van der Waals surface area contributed by atoms with E-state index in [1.165, 1.54) is 6.20 Å². The fourth-order valence-corrected chi connectivity index (χ4v) is 4.09. The fourth-order valence-electron chi connectivity index (χ4n) is 4.09. The summed E-state index contributed by atoms with van der Waals surface area (Å²) in [7, 11) is 0. The molecule has 8 nitrogen and oxygen atoms in total. The molecule has 0 aliphatic carbocycles. The zero-order chi connectivity index (χ0) is 25.1. The zero-order valence-corrected chi connectivity index (χ0v) is 19.4. The van der Waals surface area contributed by atoms with Crippen molar-refractivity contribution in [2.75, 3.05) is 45.2 Å². The van der Waals surface area contributed by atoms with E-state index < -0.39 is 17.6 Å². The molecule has 0 spiro atoms. The number of nitrogens with two attached hydrogens (primary N) is 1. The first-order valence-electron chi connectivity index (χ1n) is 11.6. The predicted octanol–water partition coefficient (Wildman–Crippen LogP) is 4.16. The molecule has 188 valence electrons. The van der Waals surface area contributed by atoms with Crippen LogP contribution in [-0.4, -0.2) is 63.9 Å². The second-order valence-electron chi connectivity index (χ2n) is 8.47. The summed E-state index contributed by atoms with van der Waals surface area (Å²) < 4.78 is 52.7. The molecule has 0 atom stereocenters. The van der Waals surface area contributed by atoms with E-state index in [2.05, 4.69) is 20.0 Å². The number of fused-ring (bicyclic) bond motifs is 1. The van der Waals surface area contributed by atoms with Crippen LogP contribution < -0.4 is 10.5 Å². The van der Waals surface area contributed by atoms with Crippen LogP contribution in [-0.2, 0) is 10.9 Å². The normalized spacial score (nSPS) is 14.9. The number of hydrogen-bond acceptors (Lipinski definition) is 7. The second kappa shape index (κ2) is 10.1. The summed E-state index contributed by atoms with van der Waals surface area (Å²) >= 11 is 0. The fraction of sp³-hybridized carbons (Fsp3) is 0.320. The topological polar surface area (TPSA) is 90.8 Å². The van der Waals surface area contributed by atoms with Crippen LogP contribution in [0, 0.1) is 0 Å². The molecular formula is C25H25F3N6O2. The monoisotopic (exact) mass is 498 g/mol. The largest absolute Gasteiger partial charge is 0.494 e. The molecule has 0 saturated carbocycles. The van der Waals surface area contributed by atoms with Crippen molar-refractivity contribution >= 4 is 11.5 Å². The second-order valence-corrected chi connectivity index (χ2v) is 8.47. The number of nitrogen functional groups attached to an aromatic ring is 1. The number of nitrogens with zero attached hydrogens (tertiary/aromatic N) is 5. The number of pyridine rings is 1. The van der Waals surface area contributed by atoms with Gasteiger partial charge in [0, 0.05) is 37.0 Å².